The molecule has 0 radical (unpaired) electrons. The molecule has 1 nitrogen and oxygen atoms in total. The van der Waals surface area contributed by atoms with Crippen LogP contribution in [0, 0.1) is 5.92 Å². The van der Waals surface area contributed by atoms with Crippen LogP contribution < -0.4 is 0 Å². The van der Waals surface area contributed by atoms with Crippen LogP contribution in [0.2, 0.25) is 0 Å². The molecule has 0 aromatic carbocycles. The molecule has 0 aliphatic carbocycles. The van der Waals surface area contributed by atoms with E-state index < -0.39 is 0 Å². The highest BCUT2D eigenvalue weighted by molar-refractivity contribution is 5.76. The molecule has 0 aromatic heterocycles. The van der Waals surface area contributed by atoms with Crippen LogP contribution >= 0.6 is 0 Å². The molecule has 0 aromatic rings. The van der Waals surface area contributed by atoms with Gasteiger partial charge in [-0.2, -0.15) is 0 Å². The SMILES string of the molecule is CCC(C)CCCCCCC/C=C\CC(C)=O. The fourth-order valence-corrected chi connectivity index (χ4v) is 1.86. The lowest BCUT2D eigenvalue weighted by molar-refractivity contribution is -0.116. The summed E-state index contributed by atoms with van der Waals surface area (Å²) < 4.78 is 0. The minimum atomic E-state index is 0.256. The molecule has 0 aliphatic heterocycles. The molecule has 0 heterocycles. The molecular formula is C16H30O. The fraction of sp³-hybridized carbons (Fsp3) is 0.812. The molecule has 1 heteroatoms. The van der Waals surface area contributed by atoms with Crippen molar-refractivity contribution in [3.05, 3.63) is 12.2 Å². The normalized spacial score (nSPS) is 13.1. The van der Waals surface area contributed by atoms with Crippen LogP contribution in [-0.2, 0) is 4.79 Å². The van der Waals surface area contributed by atoms with E-state index in [1.807, 2.05) is 6.08 Å². The molecule has 0 saturated heterocycles. The molecule has 100 valence electrons. The third kappa shape index (κ3) is 13.3. The van der Waals surface area contributed by atoms with Crippen LogP contribution in [0.25, 0.3) is 0 Å². The molecule has 0 rings (SSSR count). The summed E-state index contributed by atoms with van der Waals surface area (Å²) in [5, 5.41) is 0. The van der Waals surface area contributed by atoms with Crippen molar-refractivity contribution in [1.29, 1.82) is 0 Å². The van der Waals surface area contributed by atoms with E-state index >= 15 is 0 Å². The molecule has 0 saturated carbocycles. The summed E-state index contributed by atoms with van der Waals surface area (Å²) in [6, 6.07) is 0. The third-order valence-corrected chi connectivity index (χ3v) is 3.34. The van der Waals surface area contributed by atoms with Crippen molar-refractivity contribution in [2.24, 2.45) is 5.92 Å². The monoisotopic (exact) mass is 238 g/mol. The summed E-state index contributed by atoms with van der Waals surface area (Å²) in [5.74, 6) is 1.16. The first-order valence-corrected chi connectivity index (χ1v) is 7.31. The van der Waals surface area contributed by atoms with E-state index in [-0.39, 0.29) is 5.78 Å². The van der Waals surface area contributed by atoms with Gasteiger partial charge >= 0.3 is 0 Å². The number of unbranched alkanes of at least 4 members (excludes halogenated alkanes) is 5. The van der Waals surface area contributed by atoms with Crippen molar-refractivity contribution in [2.45, 2.75) is 78.6 Å². The molecule has 0 aliphatic rings. The first-order chi connectivity index (χ1) is 8.16. The van der Waals surface area contributed by atoms with E-state index in [1.54, 1.807) is 6.92 Å². The summed E-state index contributed by atoms with van der Waals surface area (Å²) >= 11 is 0. The number of carbonyl (C=O) groups is 1. The Morgan fingerprint density at radius 3 is 2.35 bits per heavy atom. The van der Waals surface area contributed by atoms with Crippen molar-refractivity contribution >= 4 is 5.78 Å². The van der Waals surface area contributed by atoms with E-state index in [2.05, 4.69) is 19.9 Å². The summed E-state index contributed by atoms with van der Waals surface area (Å²) in [5.41, 5.74) is 0. The highest BCUT2D eigenvalue weighted by atomic mass is 16.1. The quantitative estimate of drug-likeness (QED) is 0.353. The van der Waals surface area contributed by atoms with Crippen molar-refractivity contribution in [3.8, 4) is 0 Å². The summed E-state index contributed by atoms with van der Waals surface area (Å²) in [6.07, 6.45) is 15.4. The second kappa shape index (κ2) is 11.9. The van der Waals surface area contributed by atoms with Gasteiger partial charge in [-0.15, -0.1) is 0 Å². The van der Waals surface area contributed by atoms with Crippen LogP contribution in [-0.4, -0.2) is 5.78 Å². The van der Waals surface area contributed by atoms with Crippen LogP contribution in [0.1, 0.15) is 78.6 Å². The van der Waals surface area contributed by atoms with E-state index in [9.17, 15) is 4.79 Å². The van der Waals surface area contributed by atoms with Gasteiger partial charge in [0.25, 0.3) is 0 Å². The number of Topliss-reactive ketones (excluding diaryl/α,β-unsaturated/α-hetero) is 1. The minimum Gasteiger partial charge on any atom is -0.300 e. The minimum absolute atomic E-state index is 0.256. The van der Waals surface area contributed by atoms with E-state index in [4.69, 9.17) is 0 Å². The average Bonchev–Trinajstić information content (AvgIpc) is 2.30. The van der Waals surface area contributed by atoms with Crippen molar-refractivity contribution in [1.82, 2.24) is 0 Å². The van der Waals surface area contributed by atoms with Gasteiger partial charge in [-0.3, -0.25) is 4.79 Å². The number of carbonyl (C=O) groups excluding carboxylic acids is 1. The summed E-state index contributed by atoms with van der Waals surface area (Å²) in [6.45, 7) is 6.26. The Balaban J connectivity index is 3.13. The lowest BCUT2D eigenvalue weighted by atomic mass is 10.00. The van der Waals surface area contributed by atoms with E-state index in [1.165, 1.54) is 44.9 Å². The first-order valence-electron chi connectivity index (χ1n) is 7.31. The molecule has 1 unspecified atom stereocenters. The van der Waals surface area contributed by atoms with Gasteiger partial charge in [0.2, 0.25) is 0 Å². The zero-order valence-corrected chi connectivity index (χ0v) is 12.0. The van der Waals surface area contributed by atoms with Gasteiger partial charge in [-0.05, 0) is 25.7 Å². The molecule has 0 fully saturated rings. The second-order valence-electron chi connectivity index (χ2n) is 5.24. The van der Waals surface area contributed by atoms with Gasteiger partial charge in [0.05, 0.1) is 0 Å². The Bertz CT molecular complexity index is 206. The standard InChI is InChI=1S/C16H30O/c1-4-15(2)13-11-9-7-5-6-8-10-12-14-16(3)17/h10,12,15H,4-9,11,13-14H2,1-3H3/b12-10-. The molecular weight excluding hydrogens is 208 g/mol. The van der Waals surface area contributed by atoms with Crippen molar-refractivity contribution < 1.29 is 4.79 Å². The molecule has 17 heavy (non-hydrogen) atoms. The van der Waals surface area contributed by atoms with E-state index in [0.29, 0.717) is 6.42 Å². The lowest BCUT2D eigenvalue weighted by Crippen LogP contribution is -1.91. The smallest absolute Gasteiger partial charge is 0.133 e. The average molecular weight is 238 g/mol. The number of ketones is 1. The number of hydrogen-bond donors (Lipinski definition) is 0. The summed E-state index contributed by atoms with van der Waals surface area (Å²) in [4.78, 5) is 10.7. The topological polar surface area (TPSA) is 17.1 Å². The van der Waals surface area contributed by atoms with Gasteiger partial charge in [-0.25, -0.2) is 0 Å². The number of hydrogen-bond acceptors (Lipinski definition) is 1. The fourth-order valence-electron chi connectivity index (χ4n) is 1.86. The van der Waals surface area contributed by atoms with Gasteiger partial charge in [-0.1, -0.05) is 64.5 Å². The van der Waals surface area contributed by atoms with Crippen LogP contribution in [0.4, 0.5) is 0 Å². The first kappa shape index (κ1) is 16.4. The number of allylic oxidation sites excluding steroid dienone is 2. The zero-order valence-electron chi connectivity index (χ0n) is 12.0. The second-order valence-corrected chi connectivity index (χ2v) is 5.24. The van der Waals surface area contributed by atoms with Crippen molar-refractivity contribution in [2.75, 3.05) is 0 Å². The Kier molecular flexibility index (Phi) is 11.5. The molecule has 0 spiro atoms. The Labute approximate surface area is 108 Å². The van der Waals surface area contributed by atoms with Crippen molar-refractivity contribution in [3.63, 3.8) is 0 Å². The largest absolute Gasteiger partial charge is 0.300 e. The predicted molar refractivity (Wildman–Crippen MR) is 76.2 cm³/mol. The Morgan fingerprint density at radius 2 is 1.71 bits per heavy atom. The van der Waals surface area contributed by atoms with Crippen LogP contribution in [0.15, 0.2) is 12.2 Å². The zero-order chi connectivity index (χ0) is 12.9. The van der Waals surface area contributed by atoms with Gasteiger partial charge < -0.3 is 0 Å². The third-order valence-electron chi connectivity index (χ3n) is 3.34. The summed E-state index contributed by atoms with van der Waals surface area (Å²) in [7, 11) is 0. The maximum atomic E-state index is 10.7. The Hall–Kier alpha value is -0.590. The lowest BCUT2D eigenvalue weighted by Gasteiger charge is -2.07. The number of rotatable bonds is 11. The molecule has 0 amide bonds. The predicted octanol–water partition coefficient (Wildman–Crippen LogP) is 5.30. The molecule has 0 bridgehead atoms. The van der Waals surface area contributed by atoms with Crippen LogP contribution in [0.5, 0.6) is 0 Å². The van der Waals surface area contributed by atoms with Crippen LogP contribution in [0.3, 0.4) is 0 Å². The highest BCUT2D eigenvalue weighted by Crippen LogP contribution is 2.14. The van der Waals surface area contributed by atoms with Gasteiger partial charge in [0.1, 0.15) is 5.78 Å². The maximum absolute atomic E-state index is 10.7. The van der Waals surface area contributed by atoms with Gasteiger partial charge in [0, 0.05) is 6.42 Å². The molecule has 1 atom stereocenters. The van der Waals surface area contributed by atoms with E-state index in [0.717, 1.165) is 12.3 Å². The highest BCUT2D eigenvalue weighted by Gasteiger charge is 1.97. The van der Waals surface area contributed by atoms with Gasteiger partial charge in [0.15, 0.2) is 0 Å². The maximum Gasteiger partial charge on any atom is 0.133 e. The molecule has 0 N–H and O–H groups in total. The Morgan fingerprint density at radius 1 is 1.06 bits per heavy atom.